The second kappa shape index (κ2) is 5.01. The predicted molar refractivity (Wildman–Crippen MR) is 64.2 cm³/mol. The van der Waals surface area contributed by atoms with Gasteiger partial charge in [-0.1, -0.05) is 22.8 Å². The Morgan fingerprint density at radius 3 is 2.12 bits per heavy atom. The first-order chi connectivity index (χ1) is 7.47. The van der Waals surface area contributed by atoms with Gasteiger partial charge in [0.25, 0.3) is 0 Å². The van der Waals surface area contributed by atoms with Crippen LogP contribution >= 0.6 is 0 Å². The van der Waals surface area contributed by atoms with Crippen LogP contribution in [0.25, 0.3) is 10.4 Å². The van der Waals surface area contributed by atoms with Gasteiger partial charge in [0, 0.05) is 4.91 Å². The van der Waals surface area contributed by atoms with E-state index in [1.807, 2.05) is 32.9 Å². The summed E-state index contributed by atoms with van der Waals surface area (Å²) in [5, 5.41) is 13.3. The summed E-state index contributed by atoms with van der Waals surface area (Å²) in [6, 6.07) is 3.56. The Balaban J connectivity index is 3.34. The van der Waals surface area contributed by atoms with E-state index in [9.17, 15) is 5.11 Å². The molecule has 4 nitrogen and oxygen atoms in total. The molecule has 86 valence electrons. The lowest BCUT2D eigenvalue weighted by Crippen LogP contribution is -2.14. The standard InChI is InChI=1S/C12H17N3O/c1-7-5-8(2)11(9(3)6-7)12(10(4)16)14-15-13/h5-6,10,12,16H,1-4H3/t10-,12+/m1/s1. The van der Waals surface area contributed by atoms with E-state index in [2.05, 4.69) is 10.0 Å². The van der Waals surface area contributed by atoms with Crippen molar-refractivity contribution >= 4 is 0 Å². The van der Waals surface area contributed by atoms with Crippen LogP contribution in [0.3, 0.4) is 0 Å². The summed E-state index contributed by atoms with van der Waals surface area (Å²) in [6.07, 6.45) is -0.684. The average Bonchev–Trinajstić information content (AvgIpc) is 2.14. The summed E-state index contributed by atoms with van der Waals surface area (Å²) in [6.45, 7) is 7.60. The van der Waals surface area contributed by atoms with Crippen LogP contribution in [0.1, 0.15) is 35.2 Å². The fourth-order valence-corrected chi connectivity index (χ4v) is 2.11. The Morgan fingerprint density at radius 1 is 1.25 bits per heavy atom. The molecule has 16 heavy (non-hydrogen) atoms. The van der Waals surface area contributed by atoms with Crippen molar-refractivity contribution in [3.63, 3.8) is 0 Å². The van der Waals surface area contributed by atoms with E-state index in [-0.39, 0.29) is 0 Å². The first kappa shape index (κ1) is 12.6. The molecule has 0 amide bonds. The zero-order chi connectivity index (χ0) is 12.3. The minimum atomic E-state index is -0.684. The van der Waals surface area contributed by atoms with Crippen LogP contribution < -0.4 is 0 Å². The summed E-state index contributed by atoms with van der Waals surface area (Å²) < 4.78 is 0. The smallest absolute Gasteiger partial charge is 0.0887 e. The molecule has 0 heterocycles. The van der Waals surface area contributed by atoms with E-state index in [1.165, 1.54) is 5.56 Å². The molecule has 0 saturated carbocycles. The first-order valence-electron chi connectivity index (χ1n) is 5.27. The van der Waals surface area contributed by atoms with Crippen LogP contribution in [-0.2, 0) is 0 Å². The first-order valence-corrected chi connectivity index (χ1v) is 5.27. The SMILES string of the molecule is Cc1cc(C)c([C@@H](N=[N+]=[N-])[C@@H](C)O)c(C)c1. The van der Waals surface area contributed by atoms with Gasteiger partial charge in [-0.25, -0.2) is 0 Å². The van der Waals surface area contributed by atoms with Crippen molar-refractivity contribution in [3.05, 3.63) is 44.8 Å². The van der Waals surface area contributed by atoms with Crippen LogP contribution in [0.2, 0.25) is 0 Å². The molecule has 0 radical (unpaired) electrons. The number of aliphatic hydroxyl groups is 1. The molecule has 0 unspecified atom stereocenters. The maximum Gasteiger partial charge on any atom is 0.0887 e. The van der Waals surface area contributed by atoms with Crippen LogP contribution in [-0.4, -0.2) is 11.2 Å². The molecule has 1 N–H and O–H groups in total. The minimum absolute atomic E-state index is 0.509. The number of benzene rings is 1. The molecular formula is C12H17N3O. The third-order valence-electron chi connectivity index (χ3n) is 2.67. The highest BCUT2D eigenvalue weighted by Gasteiger charge is 2.19. The summed E-state index contributed by atoms with van der Waals surface area (Å²) in [5.74, 6) is 0. The third kappa shape index (κ3) is 2.54. The quantitative estimate of drug-likeness (QED) is 0.472. The van der Waals surface area contributed by atoms with Crippen molar-refractivity contribution in [2.45, 2.75) is 39.8 Å². The number of nitrogens with zero attached hydrogens (tertiary/aromatic N) is 3. The van der Waals surface area contributed by atoms with E-state index in [0.717, 1.165) is 16.7 Å². The van der Waals surface area contributed by atoms with Crippen molar-refractivity contribution in [1.29, 1.82) is 0 Å². The highest BCUT2D eigenvalue weighted by Crippen LogP contribution is 2.29. The molecule has 4 heteroatoms. The lowest BCUT2D eigenvalue weighted by atomic mass is 9.92. The second-order valence-electron chi connectivity index (χ2n) is 4.20. The van der Waals surface area contributed by atoms with Gasteiger partial charge in [-0.2, -0.15) is 0 Å². The van der Waals surface area contributed by atoms with Gasteiger partial charge in [0.1, 0.15) is 0 Å². The number of azide groups is 1. The molecule has 0 fully saturated rings. The van der Waals surface area contributed by atoms with Crippen LogP contribution in [0.15, 0.2) is 17.2 Å². The molecule has 1 aromatic carbocycles. The van der Waals surface area contributed by atoms with Crippen LogP contribution in [0.4, 0.5) is 0 Å². The molecule has 0 aliphatic rings. The van der Waals surface area contributed by atoms with Crippen molar-refractivity contribution in [2.24, 2.45) is 5.11 Å². The Hall–Kier alpha value is -1.51. The summed E-state index contributed by atoms with van der Waals surface area (Å²) >= 11 is 0. The van der Waals surface area contributed by atoms with Gasteiger partial charge in [0.05, 0.1) is 12.1 Å². The van der Waals surface area contributed by atoms with E-state index in [1.54, 1.807) is 6.92 Å². The molecule has 1 rings (SSSR count). The highest BCUT2D eigenvalue weighted by molar-refractivity contribution is 5.40. The fourth-order valence-electron chi connectivity index (χ4n) is 2.11. The van der Waals surface area contributed by atoms with Gasteiger partial charge >= 0.3 is 0 Å². The van der Waals surface area contributed by atoms with Gasteiger partial charge in [0.2, 0.25) is 0 Å². The number of aryl methyl sites for hydroxylation is 3. The topological polar surface area (TPSA) is 69.0 Å². The zero-order valence-electron chi connectivity index (χ0n) is 10.1. The molecule has 0 saturated heterocycles. The van der Waals surface area contributed by atoms with Crippen molar-refractivity contribution < 1.29 is 5.11 Å². The lowest BCUT2D eigenvalue weighted by molar-refractivity contribution is 0.164. The van der Waals surface area contributed by atoms with Crippen molar-refractivity contribution in [1.82, 2.24) is 0 Å². The highest BCUT2D eigenvalue weighted by atomic mass is 16.3. The third-order valence-corrected chi connectivity index (χ3v) is 2.67. The maximum absolute atomic E-state index is 9.65. The lowest BCUT2D eigenvalue weighted by Gasteiger charge is -2.20. The maximum atomic E-state index is 9.65. The van der Waals surface area contributed by atoms with Gasteiger partial charge < -0.3 is 5.11 Å². The van der Waals surface area contributed by atoms with E-state index < -0.39 is 12.1 Å². The molecule has 0 aromatic heterocycles. The van der Waals surface area contributed by atoms with E-state index >= 15 is 0 Å². The molecule has 0 aliphatic heterocycles. The number of aliphatic hydroxyl groups excluding tert-OH is 1. The second-order valence-corrected chi connectivity index (χ2v) is 4.20. The Labute approximate surface area is 95.5 Å². The molecule has 0 aliphatic carbocycles. The van der Waals surface area contributed by atoms with Crippen molar-refractivity contribution in [2.75, 3.05) is 0 Å². The van der Waals surface area contributed by atoms with E-state index in [0.29, 0.717) is 0 Å². The van der Waals surface area contributed by atoms with Gasteiger partial charge in [-0.3, -0.25) is 0 Å². The predicted octanol–water partition coefficient (Wildman–Crippen LogP) is 3.34. The normalized spacial score (nSPS) is 14.1. The Morgan fingerprint density at radius 2 is 1.75 bits per heavy atom. The van der Waals surface area contributed by atoms with Crippen LogP contribution in [0.5, 0.6) is 0 Å². The number of rotatable bonds is 3. The fraction of sp³-hybridized carbons (Fsp3) is 0.500. The monoisotopic (exact) mass is 219 g/mol. The zero-order valence-corrected chi connectivity index (χ0v) is 10.1. The summed E-state index contributed by atoms with van der Waals surface area (Å²) in [7, 11) is 0. The van der Waals surface area contributed by atoms with Crippen molar-refractivity contribution in [3.8, 4) is 0 Å². The Kier molecular flexibility index (Phi) is 3.93. The molecular weight excluding hydrogens is 202 g/mol. The van der Waals surface area contributed by atoms with Gasteiger partial charge in [-0.05, 0) is 49.9 Å². The summed E-state index contributed by atoms with van der Waals surface area (Å²) in [5.41, 5.74) is 12.7. The molecule has 2 atom stereocenters. The number of hydrogen-bond acceptors (Lipinski definition) is 2. The largest absolute Gasteiger partial charge is 0.393 e. The Bertz CT molecular complexity index is 411. The van der Waals surface area contributed by atoms with Gasteiger partial charge in [-0.15, -0.1) is 0 Å². The summed E-state index contributed by atoms with van der Waals surface area (Å²) in [4.78, 5) is 2.80. The molecule has 1 aromatic rings. The molecule has 0 spiro atoms. The minimum Gasteiger partial charge on any atom is -0.393 e. The molecule has 0 bridgehead atoms. The average molecular weight is 219 g/mol. The number of hydrogen-bond donors (Lipinski definition) is 1. The van der Waals surface area contributed by atoms with Crippen LogP contribution in [0, 0.1) is 20.8 Å². The van der Waals surface area contributed by atoms with E-state index in [4.69, 9.17) is 5.53 Å². The van der Waals surface area contributed by atoms with Gasteiger partial charge in [0.15, 0.2) is 0 Å².